The Morgan fingerprint density at radius 2 is 1.93 bits per heavy atom. The van der Waals surface area contributed by atoms with E-state index in [4.69, 9.17) is 14.2 Å². The number of carbonyl (C=O) groups excluding carboxylic acids is 2. The fourth-order valence-electron chi connectivity index (χ4n) is 3.20. The highest BCUT2D eigenvalue weighted by Gasteiger charge is 2.33. The molecule has 2 aromatic rings. The van der Waals surface area contributed by atoms with Gasteiger partial charge in [0, 0.05) is 5.70 Å². The second-order valence-electron chi connectivity index (χ2n) is 6.60. The maximum absolute atomic E-state index is 12.5. The van der Waals surface area contributed by atoms with Crippen LogP contribution in [0.15, 0.2) is 58.2 Å². The van der Waals surface area contributed by atoms with Crippen molar-refractivity contribution in [3.8, 4) is 11.5 Å². The summed E-state index contributed by atoms with van der Waals surface area (Å²) in [6.07, 6.45) is 0. The number of nitrogens with one attached hydrogen (secondary N) is 2. The normalized spacial score (nSPS) is 15.9. The molecule has 0 bridgehead atoms. The third-order valence-corrected chi connectivity index (χ3v) is 5.16. The molecular weight excluding hydrogens is 452 g/mol. The number of methoxy groups -OCH3 is 1. The van der Waals surface area contributed by atoms with Crippen LogP contribution in [0.4, 0.5) is 4.79 Å². The molecule has 2 aromatic carbocycles. The fourth-order valence-corrected chi connectivity index (χ4v) is 3.77. The molecule has 2 amide bonds. The summed E-state index contributed by atoms with van der Waals surface area (Å²) < 4.78 is 17.3. The number of hydrogen-bond acceptors (Lipinski definition) is 5. The van der Waals surface area contributed by atoms with Crippen molar-refractivity contribution in [3.63, 3.8) is 0 Å². The van der Waals surface area contributed by atoms with Gasteiger partial charge in [-0.05, 0) is 53.0 Å². The average Bonchev–Trinajstić information content (AvgIpc) is 2.72. The van der Waals surface area contributed by atoms with Crippen LogP contribution in [0.3, 0.4) is 0 Å². The highest BCUT2D eigenvalue weighted by molar-refractivity contribution is 9.10. The van der Waals surface area contributed by atoms with Gasteiger partial charge in [-0.25, -0.2) is 9.59 Å². The van der Waals surface area contributed by atoms with Crippen LogP contribution in [0.2, 0.25) is 0 Å². The Balaban J connectivity index is 1.95. The van der Waals surface area contributed by atoms with Crippen molar-refractivity contribution >= 4 is 27.9 Å². The van der Waals surface area contributed by atoms with E-state index in [2.05, 4.69) is 26.6 Å². The van der Waals surface area contributed by atoms with Crippen molar-refractivity contribution in [1.29, 1.82) is 0 Å². The second kappa shape index (κ2) is 9.67. The topological polar surface area (TPSA) is 85.9 Å². The number of urea groups is 1. The van der Waals surface area contributed by atoms with Crippen LogP contribution in [-0.2, 0) is 16.1 Å². The van der Waals surface area contributed by atoms with E-state index in [1.54, 1.807) is 26.0 Å². The van der Waals surface area contributed by atoms with Crippen molar-refractivity contribution in [2.45, 2.75) is 26.5 Å². The lowest BCUT2D eigenvalue weighted by Gasteiger charge is -2.28. The molecule has 0 radical (unpaired) electrons. The first kappa shape index (κ1) is 21.7. The summed E-state index contributed by atoms with van der Waals surface area (Å²) in [6.45, 7) is 4.00. The first-order valence-electron chi connectivity index (χ1n) is 9.44. The van der Waals surface area contributed by atoms with E-state index in [-0.39, 0.29) is 6.61 Å². The summed E-state index contributed by atoms with van der Waals surface area (Å²) in [7, 11) is 1.54. The van der Waals surface area contributed by atoms with Crippen LogP contribution < -0.4 is 20.1 Å². The van der Waals surface area contributed by atoms with Crippen molar-refractivity contribution < 1.29 is 23.8 Å². The molecule has 0 fully saturated rings. The fraction of sp³-hybridized carbons (Fsp3) is 0.273. The lowest BCUT2D eigenvalue weighted by molar-refractivity contribution is -0.139. The Morgan fingerprint density at radius 1 is 1.20 bits per heavy atom. The molecule has 30 heavy (non-hydrogen) atoms. The van der Waals surface area contributed by atoms with Crippen LogP contribution in [0, 0.1) is 0 Å². The van der Waals surface area contributed by atoms with Crippen molar-refractivity contribution in [2.24, 2.45) is 0 Å². The summed E-state index contributed by atoms with van der Waals surface area (Å²) in [6, 6.07) is 12.2. The molecule has 1 atom stereocenters. The highest BCUT2D eigenvalue weighted by Crippen LogP contribution is 2.40. The predicted molar refractivity (Wildman–Crippen MR) is 115 cm³/mol. The highest BCUT2D eigenvalue weighted by atomic mass is 79.9. The summed E-state index contributed by atoms with van der Waals surface area (Å²) >= 11 is 3.53. The minimum absolute atomic E-state index is 0.232. The number of halogens is 1. The smallest absolute Gasteiger partial charge is 0.338 e. The van der Waals surface area contributed by atoms with Gasteiger partial charge in [0.2, 0.25) is 0 Å². The largest absolute Gasteiger partial charge is 0.493 e. The van der Waals surface area contributed by atoms with Gasteiger partial charge in [-0.1, -0.05) is 30.3 Å². The zero-order valence-corrected chi connectivity index (χ0v) is 18.5. The van der Waals surface area contributed by atoms with Gasteiger partial charge in [-0.2, -0.15) is 0 Å². The molecule has 7 nitrogen and oxygen atoms in total. The van der Waals surface area contributed by atoms with E-state index < -0.39 is 18.0 Å². The molecule has 1 aliphatic heterocycles. The van der Waals surface area contributed by atoms with E-state index in [1.165, 1.54) is 7.11 Å². The maximum Gasteiger partial charge on any atom is 0.338 e. The SMILES string of the molecule is CCOC(=O)C1=C(C)NC(=O)N[C@H]1c1cc(Br)c(OCc2ccccc2)c(OC)c1. The van der Waals surface area contributed by atoms with Gasteiger partial charge < -0.3 is 24.8 Å². The monoisotopic (exact) mass is 474 g/mol. The van der Waals surface area contributed by atoms with Crippen LogP contribution >= 0.6 is 15.9 Å². The second-order valence-corrected chi connectivity index (χ2v) is 7.45. The van der Waals surface area contributed by atoms with Gasteiger partial charge in [-0.3, -0.25) is 0 Å². The summed E-state index contributed by atoms with van der Waals surface area (Å²) in [5, 5.41) is 5.40. The summed E-state index contributed by atoms with van der Waals surface area (Å²) in [5.41, 5.74) is 2.46. The molecule has 0 saturated carbocycles. The lowest BCUT2D eigenvalue weighted by Crippen LogP contribution is -2.45. The Hall–Kier alpha value is -3.00. The molecule has 158 valence electrons. The van der Waals surface area contributed by atoms with Gasteiger partial charge in [0.05, 0.1) is 29.8 Å². The Labute approximate surface area is 183 Å². The van der Waals surface area contributed by atoms with Crippen LogP contribution in [0.1, 0.15) is 31.0 Å². The van der Waals surface area contributed by atoms with Gasteiger partial charge in [-0.15, -0.1) is 0 Å². The third kappa shape index (κ3) is 4.76. The van der Waals surface area contributed by atoms with Crippen molar-refractivity contribution in [3.05, 3.63) is 69.3 Å². The number of rotatable bonds is 7. The molecular formula is C22H23BrN2O5. The van der Waals surface area contributed by atoms with Crippen molar-refractivity contribution in [1.82, 2.24) is 10.6 Å². The summed E-state index contributed by atoms with van der Waals surface area (Å²) in [4.78, 5) is 24.6. The zero-order chi connectivity index (χ0) is 21.7. The Morgan fingerprint density at radius 3 is 2.60 bits per heavy atom. The number of amides is 2. The molecule has 0 spiro atoms. The molecule has 2 N–H and O–H groups in total. The van der Waals surface area contributed by atoms with Gasteiger partial charge in [0.1, 0.15) is 6.61 Å². The van der Waals surface area contributed by atoms with Gasteiger partial charge in [0.25, 0.3) is 0 Å². The minimum Gasteiger partial charge on any atom is -0.493 e. The van der Waals surface area contributed by atoms with Crippen LogP contribution in [0.5, 0.6) is 11.5 Å². The van der Waals surface area contributed by atoms with Crippen molar-refractivity contribution in [2.75, 3.05) is 13.7 Å². The first-order chi connectivity index (χ1) is 14.4. The predicted octanol–water partition coefficient (Wildman–Crippen LogP) is 4.23. The maximum atomic E-state index is 12.5. The first-order valence-corrected chi connectivity index (χ1v) is 10.2. The minimum atomic E-state index is -0.689. The molecule has 0 saturated heterocycles. The van der Waals surface area contributed by atoms with E-state index in [9.17, 15) is 9.59 Å². The number of benzene rings is 2. The summed E-state index contributed by atoms with van der Waals surface area (Å²) in [5.74, 6) is 0.514. The third-order valence-electron chi connectivity index (χ3n) is 4.58. The standard InChI is InChI=1S/C22H23BrN2O5/c1-4-29-21(26)18-13(2)24-22(27)25-19(18)15-10-16(23)20(17(11-15)28-3)30-12-14-8-6-5-7-9-14/h5-11,19H,4,12H2,1-3H3,(H2,24,25,27)/t19-/m0/s1. The van der Waals surface area contributed by atoms with Gasteiger partial charge in [0.15, 0.2) is 11.5 Å². The molecule has 3 rings (SSSR count). The quantitative estimate of drug-likeness (QED) is 0.586. The Kier molecular flexibility index (Phi) is 6.99. The number of ether oxygens (including phenoxy) is 3. The molecule has 0 aromatic heterocycles. The van der Waals surface area contributed by atoms with E-state index >= 15 is 0 Å². The Bertz CT molecular complexity index is 975. The molecule has 0 unspecified atom stereocenters. The van der Waals surface area contributed by atoms with E-state index in [0.717, 1.165) is 5.56 Å². The van der Waals surface area contributed by atoms with Crippen LogP contribution in [0.25, 0.3) is 0 Å². The molecule has 8 heteroatoms. The number of carbonyl (C=O) groups is 2. The number of esters is 1. The van der Waals surface area contributed by atoms with Crippen LogP contribution in [-0.4, -0.2) is 25.7 Å². The van der Waals surface area contributed by atoms with Gasteiger partial charge >= 0.3 is 12.0 Å². The van der Waals surface area contributed by atoms with E-state index in [1.807, 2.05) is 30.3 Å². The lowest BCUT2D eigenvalue weighted by atomic mass is 9.95. The molecule has 1 heterocycles. The average molecular weight is 475 g/mol. The van der Waals surface area contributed by atoms with E-state index in [0.29, 0.717) is 39.4 Å². The number of allylic oxidation sites excluding steroid dienone is 1. The number of hydrogen-bond donors (Lipinski definition) is 2. The molecule has 1 aliphatic rings. The zero-order valence-electron chi connectivity index (χ0n) is 17.0. The molecule has 0 aliphatic carbocycles.